The minimum absolute atomic E-state index is 0.706. The Bertz CT molecular complexity index is 703. The molecule has 2 aromatic rings. The van der Waals surface area contributed by atoms with Crippen LogP contribution in [0.2, 0.25) is 0 Å². The largest absolute Gasteiger partial charge is 0.460 e. The summed E-state index contributed by atoms with van der Waals surface area (Å²) in [5.41, 5.74) is 1.98. The van der Waals surface area contributed by atoms with Crippen LogP contribution in [0.4, 0.5) is 5.00 Å². The van der Waals surface area contributed by atoms with Gasteiger partial charge in [-0.2, -0.15) is 5.26 Å². The zero-order valence-corrected chi connectivity index (χ0v) is 12.5. The van der Waals surface area contributed by atoms with Gasteiger partial charge in [-0.1, -0.05) is 6.92 Å². The molecular weight excluding hydrogens is 268 g/mol. The second kappa shape index (κ2) is 5.26. The summed E-state index contributed by atoms with van der Waals surface area (Å²) in [6.07, 6.45) is 4.95. The maximum Gasteiger partial charge on any atom is 0.145 e. The van der Waals surface area contributed by atoms with Gasteiger partial charge in [0.2, 0.25) is 0 Å². The van der Waals surface area contributed by atoms with Gasteiger partial charge in [0.05, 0.1) is 11.8 Å². The maximum absolute atomic E-state index is 9.39. The number of furan rings is 1. The molecule has 0 radical (unpaired) electrons. The Morgan fingerprint density at radius 3 is 3.05 bits per heavy atom. The summed E-state index contributed by atoms with van der Waals surface area (Å²) in [7, 11) is 0. The molecule has 2 heterocycles. The molecule has 3 nitrogen and oxygen atoms in total. The third kappa shape index (κ3) is 2.41. The van der Waals surface area contributed by atoms with Crippen molar-refractivity contribution >= 4 is 22.6 Å². The Hall–Kier alpha value is -1.86. The smallest absolute Gasteiger partial charge is 0.145 e. The van der Waals surface area contributed by atoms with Crippen LogP contribution in [0.1, 0.15) is 40.9 Å². The molecule has 0 amide bonds. The molecule has 0 saturated carbocycles. The lowest BCUT2D eigenvalue weighted by molar-refractivity contribution is 0.507. The van der Waals surface area contributed by atoms with Crippen LogP contribution in [-0.2, 0) is 12.8 Å². The number of hydrogen-bond acceptors (Lipinski definition) is 4. The minimum atomic E-state index is 0.706. The second-order valence-electron chi connectivity index (χ2n) is 5.35. The van der Waals surface area contributed by atoms with Crippen LogP contribution in [0.25, 0.3) is 0 Å². The maximum atomic E-state index is 9.39. The SMILES string of the molecule is Cc1ccc(/C=N/c2sc3c(c2C#N)CCC(C)C3)o1. The summed E-state index contributed by atoms with van der Waals surface area (Å²) in [5, 5.41) is 10.2. The standard InChI is InChI=1S/C16H16N2OS/c1-10-3-6-13-14(8-17)16(20-15(13)7-10)18-9-12-5-4-11(2)19-12/h4-5,9-10H,3,6-7H2,1-2H3/b18-9+. The van der Waals surface area contributed by atoms with Gasteiger partial charge in [-0.15, -0.1) is 11.3 Å². The van der Waals surface area contributed by atoms with Crippen LogP contribution in [0.3, 0.4) is 0 Å². The van der Waals surface area contributed by atoms with E-state index in [1.165, 1.54) is 16.9 Å². The van der Waals surface area contributed by atoms with Gasteiger partial charge >= 0.3 is 0 Å². The molecule has 20 heavy (non-hydrogen) atoms. The molecular formula is C16H16N2OS. The Kier molecular flexibility index (Phi) is 3.45. The van der Waals surface area contributed by atoms with E-state index in [2.05, 4.69) is 18.0 Å². The van der Waals surface area contributed by atoms with Gasteiger partial charge in [0.15, 0.2) is 0 Å². The number of hydrogen-bond donors (Lipinski definition) is 0. The monoisotopic (exact) mass is 284 g/mol. The highest BCUT2D eigenvalue weighted by Gasteiger charge is 2.23. The molecule has 4 heteroatoms. The summed E-state index contributed by atoms with van der Waals surface area (Å²) in [5.74, 6) is 2.30. The van der Waals surface area contributed by atoms with Crippen LogP contribution in [0.15, 0.2) is 21.5 Å². The fourth-order valence-corrected chi connectivity index (χ4v) is 3.89. The van der Waals surface area contributed by atoms with Crippen molar-refractivity contribution in [3.63, 3.8) is 0 Å². The van der Waals surface area contributed by atoms with E-state index in [4.69, 9.17) is 4.42 Å². The van der Waals surface area contributed by atoms with Crippen LogP contribution in [0, 0.1) is 24.2 Å². The fourth-order valence-electron chi connectivity index (χ4n) is 2.59. The highest BCUT2D eigenvalue weighted by atomic mass is 32.1. The number of thiophene rings is 1. The first kappa shape index (κ1) is 13.1. The molecule has 2 aromatic heterocycles. The molecule has 3 rings (SSSR count). The Morgan fingerprint density at radius 1 is 1.50 bits per heavy atom. The van der Waals surface area contributed by atoms with Crippen LogP contribution in [0.5, 0.6) is 0 Å². The molecule has 1 aliphatic rings. The van der Waals surface area contributed by atoms with Crippen molar-refractivity contribution in [1.82, 2.24) is 0 Å². The normalized spacial score (nSPS) is 18.1. The fraction of sp³-hybridized carbons (Fsp3) is 0.375. The first-order valence-electron chi connectivity index (χ1n) is 6.82. The summed E-state index contributed by atoms with van der Waals surface area (Å²) < 4.78 is 5.47. The predicted octanol–water partition coefficient (Wildman–Crippen LogP) is 4.40. The molecule has 0 N–H and O–H groups in total. The Morgan fingerprint density at radius 2 is 2.35 bits per heavy atom. The van der Waals surface area contributed by atoms with E-state index in [0.29, 0.717) is 5.92 Å². The molecule has 1 aliphatic carbocycles. The third-order valence-corrected chi connectivity index (χ3v) is 4.84. The van der Waals surface area contributed by atoms with E-state index in [1.807, 2.05) is 19.1 Å². The van der Waals surface area contributed by atoms with Gasteiger partial charge in [0, 0.05) is 4.88 Å². The highest BCUT2D eigenvalue weighted by Crippen LogP contribution is 2.40. The van der Waals surface area contributed by atoms with Gasteiger partial charge in [0.1, 0.15) is 22.6 Å². The van der Waals surface area contributed by atoms with Crippen molar-refractivity contribution < 1.29 is 4.42 Å². The van der Waals surface area contributed by atoms with Gasteiger partial charge in [-0.3, -0.25) is 0 Å². The Labute approximate surface area is 122 Å². The molecule has 0 fully saturated rings. The van der Waals surface area contributed by atoms with Gasteiger partial charge < -0.3 is 4.42 Å². The number of nitrogens with zero attached hydrogens (tertiary/aromatic N) is 2. The first-order valence-corrected chi connectivity index (χ1v) is 7.64. The van der Waals surface area contributed by atoms with E-state index in [0.717, 1.165) is 34.9 Å². The summed E-state index contributed by atoms with van der Waals surface area (Å²) >= 11 is 1.65. The average Bonchev–Trinajstić information content (AvgIpc) is 2.98. The van der Waals surface area contributed by atoms with Crippen molar-refractivity contribution in [1.29, 1.82) is 5.26 Å². The topological polar surface area (TPSA) is 49.3 Å². The van der Waals surface area contributed by atoms with Crippen molar-refractivity contribution in [3.8, 4) is 6.07 Å². The number of rotatable bonds is 2. The van der Waals surface area contributed by atoms with Crippen molar-refractivity contribution in [2.75, 3.05) is 0 Å². The number of aliphatic imine (C=N–C) groups is 1. The lowest BCUT2D eigenvalue weighted by Crippen LogP contribution is -2.09. The van der Waals surface area contributed by atoms with Crippen molar-refractivity contribution in [3.05, 3.63) is 39.7 Å². The molecule has 102 valence electrons. The summed E-state index contributed by atoms with van der Waals surface area (Å²) in [6.45, 7) is 4.17. The third-order valence-electron chi connectivity index (χ3n) is 3.68. The predicted molar refractivity (Wildman–Crippen MR) is 80.9 cm³/mol. The van der Waals surface area contributed by atoms with Gasteiger partial charge in [-0.05, 0) is 49.8 Å². The molecule has 0 saturated heterocycles. The number of fused-ring (bicyclic) bond motifs is 1. The van der Waals surface area contributed by atoms with Crippen molar-refractivity contribution in [2.45, 2.75) is 33.1 Å². The van der Waals surface area contributed by atoms with E-state index in [-0.39, 0.29) is 0 Å². The summed E-state index contributed by atoms with van der Waals surface area (Å²) in [6, 6.07) is 6.13. The minimum Gasteiger partial charge on any atom is -0.460 e. The van der Waals surface area contributed by atoms with Crippen LogP contribution < -0.4 is 0 Å². The lowest BCUT2D eigenvalue weighted by atomic mass is 9.89. The molecule has 1 unspecified atom stereocenters. The first-order chi connectivity index (χ1) is 9.67. The summed E-state index contributed by atoms with van der Waals surface area (Å²) in [4.78, 5) is 5.80. The van der Waals surface area contributed by atoms with E-state index >= 15 is 0 Å². The quantitative estimate of drug-likeness (QED) is 0.767. The second-order valence-corrected chi connectivity index (χ2v) is 6.43. The number of nitriles is 1. The molecule has 1 atom stereocenters. The van der Waals surface area contributed by atoms with Crippen LogP contribution >= 0.6 is 11.3 Å². The van der Waals surface area contributed by atoms with Gasteiger partial charge in [-0.25, -0.2) is 4.99 Å². The van der Waals surface area contributed by atoms with E-state index < -0.39 is 0 Å². The number of aryl methyl sites for hydroxylation is 1. The average molecular weight is 284 g/mol. The zero-order valence-electron chi connectivity index (χ0n) is 11.6. The lowest BCUT2D eigenvalue weighted by Gasteiger charge is -2.17. The highest BCUT2D eigenvalue weighted by molar-refractivity contribution is 7.16. The molecule has 0 aliphatic heterocycles. The molecule has 0 aromatic carbocycles. The van der Waals surface area contributed by atoms with Gasteiger partial charge in [0.25, 0.3) is 0 Å². The van der Waals surface area contributed by atoms with E-state index in [9.17, 15) is 5.26 Å². The van der Waals surface area contributed by atoms with Crippen molar-refractivity contribution in [2.24, 2.45) is 10.9 Å². The Balaban J connectivity index is 1.94. The molecule has 0 spiro atoms. The zero-order chi connectivity index (χ0) is 14.1. The van der Waals surface area contributed by atoms with E-state index in [1.54, 1.807) is 17.6 Å². The molecule has 0 bridgehead atoms. The van der Waals surface area contributed by atoms with Crippen LogP contribution in [-0.4, -0.2) is 6.21 Å².